The molecule has 0 atom stereocenters. The number of hydrogen-bond acceptors (Lipinski definition) is 4. The molecular weight excluding hydrogens is 349 g/mol. The van der Waals surface area contributed by atoms with Gasteiger partial charge in [0.2, 0.25) is 0 Å². The number of carbonyl (C=O) groups excluding carboxylic acids is 1. The molecule has 0 aliphatic carbocycles. The third-order valence-electron chi connectivity index (χ3n) is 2.38. The number of aromatic hydroxyl groups is 1. The van der Waals surface area contributed by atoms with E-state index in [-0.39, 0.29) is 11.6 Å². The summed E-state index contributed by atoms with van der Waals surface area (Å²) in [5.41, 5.74) is 4.78. The van der Waals surface area contributed by atoms with Gasteiger partial charge in [-0.1, -0.05) is 5.16 Å². The average Bonchev–Trinajstić information content (AvgIpc) is 2.30. The molecule has 0 aliphatic rings. The maximum Gasteiger partial charge on any atom is 0.252 e. The van der Waals surface area contributed by atoms with Gasteiger partial charge in [-0.2, -0.15) is 0 Å². The summed E-state index contributed by atoms with van der Waals surface area (Å²) >= 11 is 1.96. The summed E-state index contributed by atoms with van der Waals surface area (Å²) in [7, 11) is 0. The summed E-state index contributed by atoms with van der Waals surface area (Å²) in [5, 5.41) is 23.6. The Balaban J connectivity index is 2.92. The Morgan fingerprint density at radius 1 is 1.50 bits per heavy atom. The number of rotatable bonds is 3. The minimum absolute atomic E-state index is 0.0323. The average molecular weight is 363 g/mol. The van der Waals surface area contributed by atoms with Crippen molar-refractivity contribution in [3.8, 4) is 5.75 Å². The summed E-state index contributed by atoms with van der Waals surface area (Å²) in [5.74, 6) is -0.492. The molecule has 0 heterocycles. The van der Waals surface area contributed by atoms with Crippen LogP contribution in [0.5, 0.6) is 5.75 Å². The molecule has 1 rings (SSSR count). The van der Waals surface area contributed by atoms with Crippen molar-refractivity contribution in [2.24, 2.45) is 10.9 Å². The Labute approximate surface area is 118 Å². The first kappa shape index (κ1) is 14.6. The quantitative estimate of drug-likeness (QED) is 0.213. The van der Waals surface area contributed by atoms with E-state index < -0.39 is 11.4 Å². The van der Waals surface area contributed by atoms with E-state index >= 15 is 0 Å². The lowest BCUT2D eigenvalue weighted by Gasteiger charge is -2.24. The molecule has 5 N–H and O–H groups in total. The lowest BCUT2D eigenvalue weighted by atomic mass is 10.0. The fourth-order valence-corrected chi connectivity index (χ4v) is 1.53. The fraction of sp³-hybridized carbons (Fsp3) is 0.273. The van der Waals surface area contributed by atoms with E-state index in [1.54, 1.807) is 26.0 Å². The first-order valence-corrected chi connectivity index (χ1v) is 6.15. The molecule has 0 aromatic heterocycles. The smallest absolute Gasteiger partial charge is 0.252 e. The second-order valence-corrected chi connectivity index (χ2v) is 5.39. The van der Waals surface area contributed by atoms with Gasteiger partial charge in [0.25, 0.3) is 5.91 Å². The Morgan fingerprint density at radius 3 is 2.61 bits per heavy atom. The summed E-state index contributed by atoms with van der Waals surface area (Å²) in [4.78, 5) is 11.9. The van der Waals surface area contributed by atoms with Crippen LogP contribution in [0.2, 0.25) is 0 Å². The van der Waals surface area contributed by atoms with Crippen LogP contribution in [-0.2, 0) is 0 Å². The van der Waals surface area contributed by atoms with E-state index in [2.05, 4.69) is 10.5 Å². The number of phenolic OH excluding ortho intramolecular Hbond substituents is 1. The van der Waals surface area contributed by atoms with Crippen molar-refractivity contribution < 1.29 is 15.1 Å². The molecule has 0 saturated heterocycles. The number of benzene rings is 1. The molecule has 1 aromatic carbocycles. The number of amidine groups is 1. The first-order valence-electron chi connectivity index (χ1n) is 5.07. The number of halogens is 1. The van der Waals surface area contributed by atoms with Gasteiger partial charge in [0.15, 0.2) is 5.84 Å². The number of phenols is 1. The molecule has 0 radical (unpaired) electrons. The highest BCUT2D eigenvalue weighted by atomic mass is 127. The van der Waals surface area contributed by atoms with Crippen molar-refractivity contribution in [2.75, 3.05) is 0 Å². The van der Waals surface area contributed by atoms with Gasteiger partial charge in [-0.05, 0) is 54.6 Å². The number of hydrogen-bond donors (Lipinski definition) is 4. The third kappa shape index (κ3) is 3.25. The van der Waals surface area contributed by atoms with Crippen molar-refractivity contribution in [1.82, 2.24) is 5.32 Å². The van der Waals surface area contributed by atoms with E-state index in [0.29, 0.717) is 9.13 Å². The Morgan fingerprint density at radius 2 is 2.11 bits per heavy atom. The highest BCUT2D eigenvalue weighted by Gasteiger charge is 2.26. The van der Waals surface area contributed by atoms with Crippen LogP contribution in [0.1, 0.15) is 24.2 Å². The topological polar surface area (TPSA) is 108 Å². The Kier molecular flexibility index (Phi) is 4.38. The van der Waals surface area contributed by atoms with E-state index in [4.69, 9.17) is 10.9 Å². The van der Waals surface area contributed by atoms with Gasteiger partial charge in [-0.3, -0.25) is 4.79 Å². The molecular formula is C11H14IN3O3. The van der Waals surface area contributed by atoms with Gasteiger partial charge in [0.05, 0.1) is 9.11 Å². The minimum Gasteiger partial charge on any atom is -0.507 e. The molecule has 0 fully saturated rings. The van der Waals surface area contributed by atoms with Gasteiger partial charge in [-0.15, -0.1) is 0 Å². The molecule has 0 spiro atoms. The minimum atomic E-state index is -0.982. The molecule has 1 amide bonds. The van der Waals surface area contributed by atoms with Gasteiger partial charge in [0, 0.05) is 5.56 Å². The van der Waals surface area contributed by atoms with Crippen LogP contribution in [-0.4, -0.2) is 27.6 Å². The lowest BCUT2D eigenvalue weighted by molar-refractivity contribution is 0.0930. The molecule has 0 bridgehead atoms. The van der Waals surface area contributed by atoms with Crippen molar-refractivity contribution in [3.63, 3.8) is 0 Å². The Bertz CT molecular complexity index is 500. The largest absolute Gasteiger partial charge is 0.507 e. The van der Waals surface area contributed by atoms with Crippen molar-refractivity contribution in [3.05, 3.63) is 27.3 Å². The van der Waals surface area contributed by atoms with Gasteiger partial charge in [-0.25, -0.2) is 0 Å². The zero-order valence-corrected chi connectivity index (χ0v) is 12.1. The highest BCUT2D eigenvalue weighted by molar-refractivity contribution is 14.1. The maximum atomic E-state index is 11.9. The molecule has 0 saturated carbocycles. The van der Waals surface area contributed by atoms with Crippen LogP contribution in [0.3, 0.4) is 0 Å². The monoisotopic (exact) mass is 363 g/mol. The number of oxime groups is 1. The molecule has 18 heavy (non-hydrogen) atoms. The highest BCUT2D eigenvalue weighted by Crippen LogP contribution is 2.20. The molecule has 7 heteroatoms. The zero-order chi connectivity index (χ0) is 13.9. The second-order valence-electron chi connectivity index (χ2n) is 4.23. The van der Waals surface area contributed by atoms with E-state index in [9.17, 15) is 9.90 Å². The molecule has 98 valence electrons. The summed E-state index contributed by atoms with van der Waals surface area (Å²) in [6.45, 7) is 3.21. The Hall–Kier alpha value is -1.51. The normalized spacial score (nSPS) is 12.3. The van der Waals surface area contributed by atoms with Crippen molar-refractivity contribution >= 4 is 34.3 Å². The van der Waals surface area contributed by atoms with Crippen LogP contribution < -0.4 is 11.1 Å². The summed E-state index contributed by atoms with van der Waals surface area (Å²) < 4.78 is 0.653. The van der Waals surface area contributed by atoms with Crippen molar-refractivity contribution in [1.29, 1.82) is 0 Å². The fourth-order valence-electron chi connectivity index (χ4n) is 1.20. The number of amides is 1. The third-order valence-corrected chi connectivity index (χ3v) is 3.29. The van der Waals surface area contributed by atoms with Crippen LogP contribution in [0.15, 0.2) is 23.4 Å². The van der Waals surface area contributed by atoms with Crippen LogP contribution >= 0.6 is 22.6 Å². The number of nitrogens with one attached hydrogen (secondary N) is 1. The zero-order valence-electron chi connectivity index (χ0n) is 9.94. The van der Waals surface area contributed by atoms with E-state index in [1.165, 1.54) is 6.07 Å². The van der Waals surface area contributed by atoms with Gasteiger partial charge in [0.1, 0.15) is 5.75 Å². The summed E-state index contributed by atoms with van der Waals surface area (Å²) in [6.07, 6.45) is 0. The molecule has 0 unspecified atom stereocenters. The second kappa shape index (κ2) is 5.42. The van der Waals surface area contributed by atoms with Gasteiger partial charge >= 0.3 is 0 Å². The number of carbonyl (C=O) groups is 1. The SMILES string of the molecule is CC(C)(NC(=O)c1ccc(I)c(O)c1)/C(N)=N/O. The number of nitrogens with zero attached hydrogens (tertiary/aromatic N) is 1. The number of nitrogens with two attached hydrogens (primary N) is 1. The van der Waals surface area contributed by atoms with Gasteiger partial charge < -0.3 is 21.4 Å². The van der Waals surface area contributed by atoms with Crippen molar-refractivity contribution in [2.45, 2.75) is 19.4 Å². The van der Waals surface area contributed by atoms with E-state index in [0.717, 1.165) is 0 Å². The predicted octanol–water partition coefficient (Wildman–Crippen LogP) is 1.25. The van der Waals surface area contributed by atoms with E-state index in [1.807, 2.05) is 22.6 Å². The first-order chi connectivity index (χ1) is 8.27. The molecule has 0 aliphatic heterocycles. The van der Waals surface area contributed by atoms with Crippen LogP contribution in [0.25, 0.3) is 0 Å². The standard InChI is InChI=1S/C11H14IN3O3/c1-11(2,10(13)15-18)14-9(17)6-3-4-7(12)8(16)5-6/h3-5,16,18H,1-2H3,(H2,13,15)(H,14,17). The molecule has 1 aromatic rings. The maximum absolute atomic E-state index is 11.9. The van der Waals surface area contributed by atoms with Crippen LogP contribution in [0.4, 0.5) is 0 Å². The molecule has 6 nitrogen and oxygen atoms in total. The predicted molar refractivity (Wildman–Crippen MR) is 75.8 cm³/mol. The lowest BCUT2D eigenvalue weighted by Crippen LogP contribution is -2.53. The van der Waals surface area contributed by atoms with Crippen LogP contribution in [0, 0.1) is 3.57 Å². The summed E-state index contributed by atoms with van der Waals surface area (Å²) in [6, 6.07) is 4.57.